The molecule has 0 aromatic rings. The molecule has 1 saturated heterocycles. The third kappa shape index (κ3) is 3.62. The molecule has 2 saturated carbocycles. The standard InChI is InChI=1S/C18H29FO4/c1-2-3-4-13(19)5-6-15(20)17-14-11-18(22-7-8-23-18)10-12(14)9-16(17)21/h12-14,16-17,21H,2-11H2,1H3/t12-,13?,14+,16-,17+/m1/s1. The zero-order chi connectivity index (χ0) is 16.4. The number of Topliss-reactive ketones (excluding diaryl/α,β-unsaturated/α-hetero) is 1. The summed E-state index contributed by atoms with van der Waals surface area (Å²) in [5.74, 6) is -0.426. The Morgan fingerprint density at radius 3 is 2.74 bits per heavy atom. The molecule has 2 aliphatic carbocycles. The lowest BCUT2D eigenvalue weighted by atomic mass is 9.85. The summed E-state index contributed by atoms with van der Waals surface area (Å²) >= 11 is 0. The second kappa shape index (κ2) is 7.16. The van der Waals surface area contributed by atoms with Crippen molar-refractivity contribution in [3.63, 3.8) is 0 Å². The van der Waals surface area contributed by atoms with Crippen molar-refractivity contribution in [2.45, 2.75) is 76.4 Å². The minimum atomic E-state index is -0.898. The van der Waals surface area contributed by atoms with Crippen molar-refractivity contribution in [3.05, 3.63) is 0 Å². The van der Waals surface area contributed by atoms with Crippen LogP contribution in [0, 0.1) is 17.8 Å². The maximum Gasteiger partial charge on any atom is 0.169 e. The highest BCUT2D eigenvalue weighted by Crippen LogP contribution is 2.54. The summed E-state index contributed by atoms with van der Waals surface area (Å²) in [6.07, 6.45) is 3.54. The highest BCUT2D eigenvalue weighted by atomic mass is 19.1. The van der Waals surface area contributed by atoms with E-state index in [9.17, 15) is 14.3 Å². The number of hydrogen-bond acceptors (Lipinski definition) is 4. The number of halogens is 1. The molecule has 0 radical (unpaired) electrons. The number of aliphatic hydroxyl groups is 1. The molecule has 0 amide bonds. The summed E-state index contributed by atoms with van der Waals surface area (Å²) in [4.78, 5) is 12.6. The Balaban J connectivity index is 1.55. The average Bonchev–Trinajstić information content (AvgIpc) is 3.18. The molecular formula is C18H29FO4. The quantitative estimate of drug-likeness (QED) is 0.780. The van der Waals surface area contributed by atoms with Crippen LogP contribution in [0.25, 0.3) is 0 Å². The molecule has 4 nitrogen and oxygen atoms in total. The molecule has 3 aliphatic rings. The van der Waals surface area contributed by atoms with E-state index in [1.54, 1.807) is 0 Å². The van der Waals surface area contributed by atoms with Gasteiger partial charge in [0.25, 0.3) is 0 Å². The number of carbonyl (C=O) groups is 1. The number of rotatable bonds is 7. The smallest absolute Gasteiger partial charge is 0.169 e. The predicted molar refractivity (Wildman–Crippen MR) is 83.6 cm³/mol. The fourth-order valence-electron chi connectivity index (χ4n) is 4.80. The Kier molecular flexibility index (Phi) is 5.39. The van der Waals surface area contributed by atoms with Crippen molar-refractivity contribution in [2.75, 3.05) is 13.2 Å². The molecule has 3 rings (SSSR count). The lowest BCUT2D eigenvalue weighted by Crippen LogP contribution is -2.33. The van der Waals surface area contributed by atoms with Gasteiger partial charge in [-0.05, 0) is 31.1 Å². The van der Waals surface area contributed by atoms with Crippen LogP contribution in [0.1, 0.15) is 58.3 Å². The van der Waals surface area contributed by atoms with Crippen LogP contribution in [0.3, 0.4) is 0 Å². The topological polar surface area (TPSA) is 55.8 Å². The molecular weight excluding hydrogens is 299 g/mol. The normalized spacial score (nSPS) is 36.5. The van der Waals surface area contributed by atoms with E-state index in [4.69, 9.17) is 9.47 Å². The van der Waals surface area contributed by atoms with Gasteiger partial charge >= 0.3 is 0 Å². The van der Waals surface area contributed by atoms with Gasteiger partial charge in [-0.25, -0.2) is 4.39 Å². The van der Waals surface area contributed by atoms with E-state index in [0.29, 0.717) is 38.4 Å². The van der Waals surface area contributed by atoms with E-state index in [1.165, 1.54) is 0 Å². The van der Waals surface area contributed by atoms with E-state index in [0.717, 1.165) is 19.3 Å². The molecule has 1 unspecified atom stereocenters. The number of unbranched alkanes of at least 4 members (excludes halogenated alkanes) is 1. The van der Waals surface area contributed by atoms with E-state index in [2.05, 4.69) is 0 Å². The van der Waals surface area contributed by atoms with Crippen LogP contribution in [0.5, 0.6) is 0 Å². The van der Waals surface area contributed by atoms with Crippen LogP contribution in [-0.4, -0.2) is 42.2 Å². The van der Waals surface area contributed by atoms with Crippen molar-refractivity contribution < 1.29 is 23.8 Å². The van der Waals surface area contributed by atoms with Gasteiger partial charge in [0.15, 0.2) is 5.79 Å². The molecule has 3 fully saturated rings. The second-order valence-electron chi connectivity index (χ2n) is 7.51. The Bertz CT molecular complexity index is 421. The second-order valence-corrected chi connectivity index (χ2v) is 7.51. The molecule has 1 aliphatic heterocycles. The first kappa shape index (κ1) is 17.3. The fourth-order valence-corrected chi connectivity index (χ4v) is 4.80. The zero-order valence-corrected chi connectivity index (χ0v) is 14.0. The van der Waals surface area contributed by atoms with E-state index in [1.807, 2.05) is 6.92 Å². The third-order valence-electron chi connectivity index (χ3n) is 5.91. The summed E-state index contributed by atoms with van der Waals surface area (Å²) in [5, 5.41) is 10.3. The highest BCUT2D eigenvalue weighted by molar-refractivity contribution is 5.82. The van der Waals surface area contributed by atoms with E-state index < -0.39 is 18.1 Å². The molecule has 0 aromatic carbocycles. The molecule has 0 bridgehead atoms. The Labute approximate surface area is 137 Å². The summed E-state index contributed by atoms with van der Waals surface area (Å²) in [6.45, 7) is 3.26. The number of fused-ring (bicyclic) bond motifs is 1. The lowest BCUT2D eigenvalue weighted by Gasteiger charge is -2.25. The van der Waals surface area contributed by atoms with Crippen LogP contribution in [-0.2, 0) is 14.3 Å². The van der Waals surface area contributed by atoms with Gasteiger partial charge in [0.05, 0.1) is 19.3 Å². The first-order valence-electron chi connectivity index (χ1n) is 9.17. The van der Waals surface area contributed by atoms with Gasteiger partial charge in [-0.2, -0.15) is 0 Å². The van der Waals surface area contributed by atoms with Crippen LogP contribution < -0.4 is 0 Å². The van der Waals surface area contributed by atoms with E-state index >= 15 is 0 Å². The Morgan fingerprint density at radius 1 is 1.30 bits per heavy atom. The molecule has 23 heavy (non-hydrogen) atoms. The highest BCUT2D eigenvalue weighted by Gasteiger charge is 2.57. The molecule has 5 atom stereocenters. The van der Waals surface area contributed by atoms with Crippen molar-refractivity contribution in [1.82, 2.24) is 0 Å². The van der Waals surface area contributed by atoms with Gasteiger partial charge in [0.1, 0.15) is 12.0 Å². The van der Waals surface area contributed by atoms with Crippen LogP contribution in [0.15, 0.2) is 0 Å². The van der Waals surface area contributed by atoms with Crippen molar-refractivity contribution in [1.29, 1.82) is 0 Å². The maximum absolute atomic E-state index is 13.8. The van der Waals surface area contributed by atoms with Gasteiger partial charge in [0.2, 0.25) is 0 Å². The van der Waals surface area contributed by atoms with E-state index in [-0.39, 0.29) is 30.5 Å². The van der Waals surface area contributed by atoms with Crippen molar-refractivity contribution >= 4 is 5.78 Å². The molecule has 5 heteroatoms. The Morgan fingerprint density at radius 2 is 2.04 bits per heavy atom. The molecule has 1 spiro atoms. The number of hydrogen-bond donors (Lipinski definition) is 1. The molecule has 1 heterocycles. The minimum Gasteiger partial charge on any atom is -0.392 e. The number of ether oxygens (including phenoxy) is 2. The molecule has 1 N–H and O–H groups in total. The third-order valence-corrected chi connectivity index (χ3v) is 5.91. The summed E-state index contributed by atoms with van der Waals surface area (Å²) in [6, 6.07) is 0. The number of aliphatic hydroxyl groups excluding tert-OH is 1. The van der Waals surface area contributed by atoms with Crippen LogP contribution in [0.2, 0.25) is 0 Å². The molecule has 132 valence electrons. The minimum absolute atomic E-state index is 0.0270. The summed E-state index contributed by atoms with van der Waals surface area (Å²) < 4.78 is 25.3. The van der Waals surface area contributed by atoms with Crippen molar-refractivity contribution in [2.24, 2.45) is 17.8 Å². The molecule has 0 aromatic heterocycles. The number of carbonyl (C=O) groups excluding carboxylic acids is 1. The van der Waals surface area contributed by atoms with Gasteiger partial charge < -0.3 is 14.6 Å². The van der Waals surface area contributed by atoms with Crippen LogP contribution in [0.4, 0.5) is 4.39 Å². The summed E-state index contributed by atoms with van der Waals surface area (Å²) in [5.41, 5.74) is 0. The summed E-state index contributed by atoms with van der Waals surface area (Å²) in [7, 11) is 0. The predicted octanol–water partition coefficient (Wildman–Crippen LogP) is 3.01. The average molecular weight is 328 g/mol. The number of alkyl halides is 1. The first-order chi connectivity index (χ1) is 11.0. The van der Waals surface area contributed by atoms with Gasteiger partial charge in [-0.3, -0.25) is 4.79 Å². The largest absolute Gasteiger partial charge is 0.392 e. The van der Waals surface area contributed by atoms with Crippen molar-refractivity contribution in [3.8, 4) is 0 Å². The van der Waals surface area contributed by atoms with Gasteiger partial charge in [-0.1, -0.05) is 19.8 Å². The zero-order valence-electron chi connectivity index (χ0n) is 14.0. The fraction of sp³-hybridized carbons (Fsp3) is 0.944. The first-order valence-corrected chi connectivity index (χ1v) is 9.17. The number of ketones is 1. The van der Waals surface area contributed by atoms with Gasteiger partial charge in [-0.15, -0.1) is 0 Å². The SMILES string of the molecule is CCCCC(F)CCC(=O)[C@@H]1[C@H]2CC3(C[C@H]2C[C@H]1O)OCCO3. The Hall–Kier alpha value is -0.520. The lowest BCUT2D eigenvalue weighted by molar-refractivity contribution is -0.159. The van der Waals surface area contributed by atoms with Gasteiger partial charge in [0, 0.05) is 25.2 Å². The maximum atomic E-state index is 13.8. The van der Waals surface area contributed by atoms with Crippen LogP contribution >= 0.6 is 0 Å². The monoisotopic (exact) mass is 328 g/mol.